The lowest BCUT2D eigenvalue weighted by molar-refractivity contribution is -0.135. The van der Waals surface area contributed by atoms with E-state index in [1.807, 2.05) is 13.8 Å². The van der Waals surface area contributed by atoms with Crippen LogP contribution in [0.1, 0.15) is 46.0 Å². The van der Waals surface area contributed by atoms with Crippen LogP contribution in [0.5, 0.6) is 0 Å². The summed E-state index contributed by atoms with van der Waals surface area (Å²) in [4.78, 5) is 14.2. The van der Waals surface area contributed by atoms with E-state index < -0.39 is 4.32 Å². The van der Waals surface area contributed by atoms with Crippen molar-refractivity contribution in [3.05, 3.63) is 0 Å². The van der Waals surface area contributed by atoms with E-state index in [0.717, 1.165) is 24.9 Å². The molecule has 2 aliphatic rings. The van der Waals surface area contributed by atoms with Crippen LogP contribution in [0.15, 0.2) is 0 Å². The van der Waals surface area contributed by atoms with Gasteiger partial charge in [0.2, 0.25) is 5.91 Å². The number of hydrogen-bond donors (Lipinski definition) is 0. The Hall–Kier alpha value is -0.0500. The molecule has 2 nitrogen and oxygen atoms in total. The first-order chi connectivity index (χ1) is 7.48. The molecule has 1 aliphatic carbocycles. The minimum absolute atomic E-state index is 0.261. The van der Waals surface area contributed by atoms with Gasteiger partial charge in [0.1, 0.15) is 0 Å². The first-order valence-electron chi connectivity index (χ1n) is 6.47. The third-order valence-electron chi connectivity index (χ3n) is 4.09. The van der Waals surface area contributed by atoms with Crippen molar-refractivity contribution >= 4 is 21.8 Å². The molecule has 92 valence electrons. The topological polar surface area (TPSA) is 20.3 Å². The lowest BCUT2D eigenvalue weighted by Crippen LogP contribution is -2.49. The van der Waals surface area contributed by atoms with Crippen LogP contribution in [0.4, 0.5) is 0 Å². The molecule has 0 N–H and O–H groups in total. The molecule has 2 fully saturated rings. The van der Waals surface area contributed by atoms with Gasteiger partial charge < -0.3 is 4.90 Å². The molecule has 0 bridgehead atoms. The smallest absolute Gasteiger partial charge is 0.238 e. The maximum atomic E-state index is 12.2. The minimum atomic E-state index is -0.394. The maximum Gasteiger partial charge on any atom is 0.238 e. The molecule has 1 aliphatic heterocycles. The number of likely N-dealkylation sites (tertiary alicyclic amines) is 1. The highest BCUT2D eigenvalue weighted by atomic mass is 79.9. The normalized spacial score (nSPS) is 31.1. The fraction of sp³-hybridized carbons (Fsp3) is 0.923. The molecule has 2 rings (SSSR count). The van der Waals surface area contributed by atoms with Gasteiger partial charge in [-0.05, 0) is 38.5 Å². The van der Waals surface area contributed by atoms with E-state index in [-0.39, 0.29) is 5.91 Å². The number of amides is 1. The SMILES string of the molecule is CC(C)(Br)C(=O)N1CCC2CCCCC2C1. The average Bonchev–Trinajstić information content (AvgIpc) is 2.26. The van der Waals surface area contributed by atoms with Crippen LogP contribution in [0.2, 0.25) is 0 Å². The highest BCUT2D eigenvalue weighted by Gasteiger charge is 2.36. The second kappa shape index (κ2) is 4.67. The molecule has 0 aromatic heterocycles. The van der Waals surface area contributed by atoms with Gasteiger partial charge in [-0.3, -0.25) is 4.79 Å². The number of carbonyl (C=O) groups is 1. The van der Waals surface area contributed by atoms with Gasteiger partial charge >= 0.3 is 0 Å². The Labute approximate surface area is 107 Å². The van der Waals surface area contributed by atoms with E-state index in [2.05, 4.69) is 20.8 Å². The van der Waals surface area contributed by atoms with Crippen LogP contribution in [0.3, 0.4) is 0 Å². The molecule has 0 aromatic rings. The highest BCUT2D eigenvalue weighted by Crippen LogP contribution is 2.37. The summed E-state index contributed by atoms with van der Waals surface area (Å²) in [6.45, 7) is 5.86. The van der Waals surface area contributed by atoms with Crippen molar-refractivity contribution in [1.29, 1.82) is 0 Å². The summed E-state index contributed by atoms with van der Waals surface area (Å²) < 4.78 is -0.394. The molecular formula is C13H22BrNO. The summed E-state index contributed by atoms with van der Waals surface area (Å²) in [5, 5.41) is 0. The zero-order chi connectivity index (χ0) is 11.8. The van der Waals surface area contributed by atoms with E-state index in [1.165, 1.54) is 32.1 Å². The van der Waals surface area contributed by atoms with Crippen molar-refractivity contribution < 1.29 is 4.79 Å². The standard InChI is InChI=1S/C13H22BrNO/c1-13(2,14)12(16)15-8-7-10-5-3-4-6-11(10)9-15/h10-11H,3-9H2,1-2H3. The molecule has 1 saturated heterocycles. The summed E-state index contributed by atoms with van der Waals surface area (Å²) in [5.74, 6) is 1.94. The number of fused-ring (bicyclic) bond motifs is 1. The van der Waals surface area contributed by atoms with Crippen LogP contribution >= 0.6 is 15.9 Å². The Kier molecular flexibility index (Phi) is 3.62. The van der Waals surface area contributed by atoms with Crippen LogP contribution in [0.25, 0.3) is 0 Å². The van der Waals surface area contributed by atoms with Crippen molar-refractivity contribution in [2.75, 3.05) is 13.1 Å². The number of carbonyl (C=O) groups excluding carboxylic acids is 1. The van der Waals surface area contributed by atoms with Crippen molar-refractivity contribution in [2.45, 2.75) is 50.3 Å². The van der Waals surface area contributed by atoms with Crippen molar-refractivity contribution in [1.82, 2.24) is 4.90 Å². The van der Waals surface area contributed by atoms with Crippen molar-refractivity contribution in [2.24, 2.45) is 11.8 Å². The van der Waals surface area contributed by atoms with E-state index in [0.29, 0.717) is 0 Å². The molecule has 2 atom stereocenters. The minimum Gasteiger partial charge on any atom is -0.341 e. The molecule has 0 spiro atoms. The number of piperidine rings is 1. The maximum absolute atomic E-state index is 12.2. The molecule has 0 aromatic carbocycles. The van der Waals surface area contributed by atoms with Crippen molar-refractivity contribution in [3.63, 3.8) is 0 Å². The number of halogens is 1. The molecular weight excluding hydrogens is 266 g/mol. The summed E-state index contributed by atoms with van der Waals surface area (Å²) in [6.07, 6.45) is 6.71. The number of rotatable bonds is 1. The summed E-state index contributed by atoms with van der Waals surface area (Å²) in [5.41, 5.74) is 0. The highest BCUT2D eigenvalue weighted by molar-refractivity contribution is 9.10. The third-order valence-corrected chi connectivity index (χ3v) is 4.43. The quantitative estimate of drug-likeness (QED) is 0.679. The molecule has 1 saturated carbocycles. The van der Waals surface area contributed by atoms with Gasteiger partial charge in [-0.1, -0.05) is 35.2 Å². The zero-order valence-corrected chi connectivity index (χ0v) is 11.9. The number of hydrogen-bond acceptors (Lipinski definition) is 1. The molecule has 0 radical (unpaired) electrons. The summed E-state index contributed by atoms with van der Waals surface area (Å²) >= 11 is 3.48. The van der Waals surface area contributed by atoms with Gasteiger partial charge in [-0.25, -0.2) is 0 Å². The average molecular weight is 288 g/mol. The van der Waals surface area contributed by atoms with Gasteiger partial charge in [0.15, 0.2) is 0 Å². The summed E-state index contributed by atoms with van der Waals surface area (Å²) in [7, 11) is 0. The first kappa shape index (κ1) is 12.4. The second-order valence-corrected chi connectivity index (χ2v) is 7.80. The molecule has 3 heteroatoms. The Balaban J connectivity index is 1.97. The van der Waals surface area contributed by atoms with Gasteiger partial charge in [0, 0.05) is 13.1 Å². The fourth-order valence-electron chi connectivity index (χ4n) is 3.16. The van der Waals surface area contributed by atoms with E-state index in [9.17, 15) is 4.79 Å². The monoisotopic (exact) mass is 287 g/mol. The van der Waals surface area contributed by atoms with Crippen molar-refractivity contribution in [3.8, 4) is 0 Å². The van der Waals surface area contributed by atoms with Crippen LogP contribution < -0.4 is 0 Å². The van der Waals surface area contributed by atoms with Crippen LogP contribution in [-0.2, 0) is 4.79 Å². The van der Waals surface area contributed by atoms with Gasteiger partial charge in [-0.2, -0.15) is 0 Å². The molecule has 1 heterocycles. The molecule has 2 unspecified atom stereocenters. The Morgan fingerprint density at radius 3 is 2.44 bits per heavy atom. The lowest BCUT2D eigenvalue weighted by atomic mass is 9.75. The van der Waals surface area contributed by atoms with E-state index >= 15 is 0 Å². The number of nitrogens with zero attached hydrogens (tertiary/aromatic N) is 1. The van der Waals surface area contributed by atoms with Gasteiger partial charge in [0.25, 0.3) is 0 Å². The Morgan fingerprint density at radius 1 is 1.19 bits per heavy atom. The van der Waals surface area contributed by atoms with Crippen LogP contribution in [0, 0.1) is 11.8 Å². The second-order valence-electron chi connectivity index (χ2n) is 5.82. The Morgan fingerprint density at radius 2 is 1.81 bits per heavy atom. The van der Waals surface area contributed by atoms with E-state index in [1.54, 1.807) is 0 Å². The van der Waals surface area contributed by atoms with Gasteiger partial charge in [-0.15, -0.1) is 0 Å². The number of alkyl halides is 1. The largest absolute Gasteiger partial charge is 0.341 e. The van der Waals surface area contributed by atoms with E-state index in [4.69, 9.17) is 0 Å². The Bertz CT molecular complexity index is 272. The molecule has 1 amide bonds. The fourth-order valence-corrected chi connectivity index (χ4v) is 3.41. The third kappa shape index (κ3) is 2.61. The van der Waals surface area contributed by atoms with Gasteiger partial charge in [0.05, 0.1) is 4.32 Å². The summed E-state index contributed by atoms with van der Waals surface area (Å²) in [6, 6.07) is 0. The van der Waals surface area contributed by atoms with Crippen LogP contribution in [-0.4, -0.2) is 28.2 Å². The predicted octanol–water partition coefficient (Wildman–Crippen LogP) is 3.20. The predicted molar refractivity (Wildman–Crippen MR) is 69.7 cm³/mol. The molecule has 16 heavy (non-hydrogen) atoms. The lowest BCUT2D eigenvalue weighted by Gasteiger charge is -2.42. The zero-order valence-electron chi connectivity index (χ0n) is 10.3. The first-order valence-corrected chi connectivity index (χ1v) is 7.26.